The molecule has 0 saturated carbocycles. The third-order valence-electron chi connectivity index (χ3n) is 6.71. The topological polar surface area (TPSA) is 69.9 Å². The van der Waals surface area contributed by atoms with Crippen LogP contribution >= 0.6 is 11.3 Å². The Bertz CT molecular complexity index is 1780. The summed E-state index contributed by atoms with van der Waals surface area (Å²) in [5.74, 6) is 0.780. The largest absolute Gasteiger partial charge is 0.497 e. The zero-order valence-corrected chi connectivity index (χ0v) is 21.3. The summed E-state index contributed by atoms with van der Waals surface area (Å²) in [6.45, 7) is 2.13. The van der Waals surface area contributed by atoms with Gasteiger partial charge in [-0.1, -0.05) is 55.5 Å². The van der Waals surface area contributed by atoms with Crippen molar-refractivity contribution in [1.82, 2.24) is 19.5 Å². The molecule has 6 rings (SSSR count). The summed E-state index contributed by atoms with van der Waals surface area (Å²) >= 11 is 1.51. The molecule has 1 atom stereocenters. The van der Waals surface area contributed by atoms with Crippen LogP contribution in [0.1, 0.15) is 24.2 Å². The molecule has 0 amide bonds. The molecule has 3 aromatic carbocycles. The monoisotopic (exact) mass is 504 g/mol. The Balaban J connectivity index is 1.55. The zero-order valence-electron chi connectivity index (χ0n) is 20.5. The maximum absolute atomic E-state index is 14.3. The number of benzene rings is 3. The van der Waals surface area contributed by atoms with Crippen molar-refractivity contribution in [3.63, 3.8) is 0 Å². The van der Waals surface area contributed by atoms with E-state index in [-0.39, 0.29) is 11.5 Å². The summed E-state index contributed by atoms with van der Waals surface area (Å²) < 4.78 is 7.17. The Kier molecular flexibility index (Phi) is 5.98. The number of hydrogen-bond donors (Lipinski definition) is 0. The number of pyridine rings is 1. The van der Waals surface area contributed by atoms with E-state index >= 15 is 0 Å². The van der Waals surface area contributed by atoms with Crippen molar-refractivity contribution in [3.8, 4) is 22.6 Å². The van der Waals surface area contributed by atoms with Crippen LogP contribution in [0.2, 0.25) is 0 Å². The summed E-state index contributed by atoms with van der Waals surface area (Å²) in [4.78, 5) is 28.5. The highest BCUT2D eigenvalue weighted by atomic mass is 32.1. The minimum Gasteiger partial charge on any atom is -0.497 e. The van der Waals surface area contributed by atoms with Gasteiger partial charge in [0.1, 0.15) is 22.4 Å². The molecule has 0 aliphatic heterocycles. The molecule has 6 nitrogen and oxygen atoms in total. The van der Waals surface area contributed by atoms with E-state index in [4.69, 9.17) is 4.74 Å². The lowest BCUT2D eigenvalue weighted by atomic mass is 9.94. The molecule has 0 fully saturated rings. The Morgan fingerprint density at radius 1 is 0.946 bits per heavy atom. The van der Waals surface area contributed by atoms with Crippen molar-refractivity contribution in [3.05, 3.63) is 112 Å². The van der Waals surface area contributed by atoms with Gasteiger partial charge in [-0.3, -0.25) is 9.36 Å². The minimum atomic E-state index is -0.0431. The zero-order chi connectivity index (χ0) is 25.4. The number of thiazole rings is 1. The number of para-hydroxylation sites is 1. The quantitative estimate of drug-likeness (QED) is 0.262. The van der Waals surface area contributed by atoms with Crippen LogP contribution in [0.4, 0.5) is 0 Å². The molecule has 0 bridgehead atoms. The average molecular weight is 505 g/mol. The van der Waals surface area contributed by atoms with Crippen LogP contribution in [-0.4, -0.2) is 26.6 Å². The van der Waals surface area contributed by atoms with E-state index in [0.717, 1.165) is 49.7 Å². The number of hydrogen-bond acceptors (Lipinski definition) is 6. The van der Waals surface area contributed by atoms with Gasteiger partial charge in [-0.2, -0.15) is 0 Å². The second kappa shape index (κ2) is 9.59. The number of rotatable bonds is 6. The Hall–Kier alpha value is -4.36. The fourth-order valence-corrected chi connectivity index (χ4v) is 5.53. The number of ether oxygens (including phenoxy) is 1. The molecule has 0 aliphatic carbocycles. The molecule has 7 heteroatoms. The predicted octanol–water partition coefficient (Wildman–Crippen LogP) is 6.41. The molecule has 0 unspecified atom stereocenters. The van der Waals surface area contributed by atoms with Crippen LogP contribution in [0.15, 0.2) is 95.5 Å². The van der Waals surface area contributed by atoms with Crippen molar-refractivity contribution < 1.29 is 4.74 Å². The van der Waals surface area contributed by atoms with Crippen LogP contribution in [0.25, 0.3) is 37.9 Å². The van der Waals surface area contributed by atoms with Crippen molar-refractivity contribution in [2.24, 2.45) is 0 Å². The van der Waals surface area contributed by atoms with Gasteiger partial charge in [0, 0.05) is 23.7 Å². The molecular weight excluding hydrogens is 480 g/mol. The Morgan fingerprint density at radius 2 is 1.76 bits per heavy atom. The molecule has 0 spiro atoms. The number of nitrogens with zero attached hydrogens (tertiary/aromatic N) is 4. The van der Waals surface area contributed by atoms with Crippen molar-refractivity contribution in [1.29, 1.82) is 0 Å². The van der Waals surface area contributed by atoms with Gasteiger partial charge in [0.15, 0.2) is 0 Å². The van der Waals surface area contributed by atoms with Crippen LogP contribution in [0, 0.1) is 0 Å². The third-order valence-corrected chi connectivity index (χ3v) is 7.44. The van der Waals surface area contributed by atoms with Crippen molar-refractivity contribution in [2.75, 3.05) is 7.11 Å². The van der Waals surface area contributed by atoms with Gasteiger partial charge in [-0.05, 0) is 46.8 Å². The highest BCUT2D eigenvalue weighted by Gasteiger charge is 2.20. The molecule has 0 aliphatic rings. The number of aromatic nitrogens is 4. The van der Waals surface area contributed by atoms with Crippen LogP contribution < -0.4 is 10.3 Å². The second-order valence-electron chi connectivity index (χ2n) is 8.98. The van der Waals surface area contributed by atoms with E-state index in [2.05, 4.69) is 27.9 Å². The average Bonchev–Trinajstić information content (AvgIpc) is 3.43. The van der Waals surface area contributed by atoms with Crippen LogP contribution in [0.3, 0.4) is 0 Å². The minimum absolute atomic E-state index is 0.00162. The van der Waals surface area contributed by atoms with E-state index in [9.17, 15) is 4.79 Å². The third kappa shape index (κ3) is 4.17. The summed E-state index contributed by atoms with van der Waals surface area (Å²) in [7, 11) is 1.65. The predicted molar refractivity (Wildman–Crippen MR) is 149 cm³/mol. The van der Waals surface area contributed by atoms with Gasteiger partial charge < -0.3 is 4.74 Å². The summed E-state index contributed by atoms with van der Waals surface area (Å²) in [5.41, 5.74) is 7.10. The fraction of sp³-hybridized carbons (Fsp3) is 0.133. The molecular formula is C30H24N4O2S. The first kappa shape index (κ1) is 23.1. The maximum atomic E-state index is 14.3. The summed E-state index contributed by atoms with van der Waals surface area (Å²) in [6, 6.07) is 25.8. The van der Waals surface area contributed by atoms with Gasteiger partial charge in [0.05, 0.1) is 23.7 Å². The molecule has 0 saturated heterocycles. The van der Waals surface area contributed by atoms with Crippen LogP contribution in [0.5, 0.6) is 5.75 Å². The van der Waals surface area contributed by atoms with Crippen LogP contribution in [-0.2, 0) is 6.42 Å². The number of methoxy groups -OCH3 is 1. The first-order chi connectivity index (χ1) is 18.1. The normalized spacial score (nSPS) is 12.2. The first-order valence-electron chi connectivity index (χ1n) is 12.1. The second-order valence-corrected chi connectivity index (χ2v) is 9.81. The lowest BCUT2D eigenvalue weighted by Gasteiger charge is -2.21. The molecule has 6 aromatic rings. The summed E-state index contributed by atoms with van der Waals surface area (Å²) in [6.07, 6.45) is 2.23. The Morgan fingerprint density at radius 3 is 2.54 bits per heavy atom. The highest BCUT2D eigenvalue weighted by molar-refractivity contribution is 7.16. The molecule has 0 radical (unpaired) electrons. The molecule has 3 aromatic heterocycles. The lowest BCUT2D eigenvalue weighted by Crippen LogP contribution is -2.24. The van der Waals surface area contributed by atoms with E-state index in [1.807, 2.05) is 77.4 Å². The maximum Gasteiger partial charge on any atom is 0.263 e. The highest BCUT2D eigenvalue weighted by Crippen LogP contribution is 2.32. The Labute approximate surface area is 217 Å². The van der Waals surface area contributed by atoms with Gasteiger partial charge in [0.25, 0.3) is 5.56 Å². The molecule has 182 valence electrons. The first-order valence-corrected chi connectivity index (χ1v) is 12.9. The van der Waals surface area contributed by atoms with Gasteiger partial charge in [-0.15, -0.1) is 11.3 Å². The SMILES string of the molecule is COc1ccc(-c2cccc3cc([C@H](C)Cc4ncnc5scnc45)n(-c4ccccc4)c(=O)c23)cc1. The molecule has 0 N–H and O–H groups in total. The van der Waals surface area contributed by atoms with Crippen molar-refractivity contribution in [2.45, 2.75) is 19.3 Å². The van der Waals surface area contributed by atoms with Gasteiger partial charge in [-0.25, -0.2) is 15.0 Å². The molecule has 3 heterocycles. The smallest absolute Gasteiger partial charge is 0.263 e. The van der Waals surface area contributed by atoms with E-state index in [1.165, 1.54) is 11.3 Å². The van der Waals surface area contributed by atoms with Gasteiger partial charge in [0.2, 0.25) is 0 Å². The fourth-order valence-electron chi connectivity index (χ4n) is 4.88. The standard InChI is InChI=1S/C30H24N4O2S/c1-19(15-25-28-29(32-17-31-25)37-18-33-28)26-16-21-7-6-10-24(20-11-13-23(36-2)14-12-20)27(21)30(35)34(26)22-8-4-3-5-9-22/h3-14,16-19H,15H2,1-2H3/t19-/m1/s1. The summed E-state index contributed by atoms with van der Waals surface area (Å²) in [5, 5.41) is 1.60. The molecule has 37 heavy (non-hydrogen) atoms. The van der Waals surface area contributed by atoms with Gasteiger partial charge >= 0.3 is 0 Å². The number of fused-ring (bicyclic) bond motifs is 2. The van der Waals surface area contributed by atoms with Crippen molar-refractivity contribution >= 4 is 32.5 Å². The van der Waals surface area contributed by atoms with E-state index in [0.29, 0.717) is 11.8 Å². The van der Waals surface area contributed by atoms with E-state index in [1.54, 1.807) is 18.9 Å². The van der Waals surface area contributed by atoms with E-state index < -0.39 is 0 Å². The lowest BCUT2D eigenvalue weighted by molar-refractivity contribution is 0.415.